The molecule has 0 saturated heterocycles. The van der Waals surface area contributed by atoms with Gasteiger partial charge in [-0.3, -0.25) is 0 Å². The number of hydrogen-bond acceptors (Lipinski definition) is 3. The van der Waals surface area contributed by atoms with Gasteiger partial charge in [-0.2, -0.15) is 4.99 Å². The maximum Gasteiger partial charge on any atom is 0.240 e. The highest BCUT2D eigenvalue weighted by Gasteiger charge is 2.07. The van der Waals surface area contributed by atoms with Crippen LogP contribution in [0.3, 0.4) is 0 Å². The lowest BCUT2D eigenvalue weighted by Crippen LogP contribution is -1.77. The Morgan fingerprint density at radius 3 is 2.75 bits per heavy atom. The minimum Gasteiger partial charge on any atom is -0.211 e. The van der Waals surface area contributed by atoms with Gasteiger partial charge < -0.3 is 0 Å². The number of rotatable bonds is 3. The molecule has 0 aromatic carbocycles. The van der Waals surface area contributed by atoms with Crippen molar-refractivity contribution in [1.82, 2.24) is 0 Å². The molecular weight excluding hydrogens is 170 g/mol. The highest BCUT2D eigenvalue weighted by Crippen LogP contribution is 2.31. The fourth-order valence-corrected chi connectivity index (χ4v) is 2.13. The third-order valence-electron chi connectivity index (χ3n) is 1.77. The molecule has 1 aromatic heterocycles. The molecule has 0 unspecified atom stereocenters. The summed E-state index contributed by atoms with van der Waals surface area (Å²) in [5.74, 6) is 0. The van der Waals surface area contributed by atoms with E-state index in [2.05, 4.69) is 24.2 Å². The van der Waals surface area contributed by atoms with Crippen molar-refractivity contribution < 1.29 is 4.79 Å². The summed E-state index contributed by atoms with van der Waals surface area (Å²) < 4.78 is 0. The smallest absolute Gasteiger partial charge is 0.211 e. The number of aliphatic imine (C=N–C) groups is 1. The van der Waals surface area contributed by atoms with Crippen molar-refractivity contribution >= 4 is 23.1 Å². The van der Waals surface area contributed by atoms with Crippen molar-refractivity contribution in [3.05, 3.63) is 15.8 Å². The average molecular weight is 181 g/mol. The monoisotopic (exact) mass is 181 g/mol. The average Bonchev–Trinajstić information content (AvgIpc) is 2.48. The molecule has 12 heavy (non-hydrogen) atoms. The van der Waals surface area contributed by atoms with Crippen molar-refractivity contribution in [2.45, 2.75) is 26.7 Å². The molecule has 0 aliphatic carbocycles. The Morgan fingerprint density at radius 2 is 2.25 bits per heavy atom. The van der Waals surface area contributed by atoms with Crippen LogP contribution < -0.4 is 0 Å². The summed E-state index contributed by atoms with van der Waals surface area (Å²) in [5.41, 5.74) is 2.00. The molecule has 0 aliphatic rings. The largest absolute Gasteiger partial charge is 0.240 e. The number of thiophene rings is 1. The molecule has 0 amide bonds. The van der Waals surface area contributed by atoms with Crippen LogP contribution in [-0.4, -0.2) is 6.08 Å². The molecule has 0 fully saturated rings. The van der Waals surface area contributed by atoms with Crippen molar-refractivity contribution in [2.75, 3.05) is 0 Å². The lowest BCUT2D eigenvalue weighted by Gasteiger charge is -1.94. The minimum atomic E-state index is 0.847. The van der Waals surface area contributed by atoms with E-state index in [-0.39, 0.29) is 0 Å². The second-order valence-electron chi connectivity index (χ2n) is 2.44. The van der Waals surface area contributed by atoms with E-state index in [4.69, 9.17) is 0 Å². The normalized spacial score (nSPS) is 9.50. The van der Waals surface area contributed by atoms with Gasteiger partial charge in [-0.05, 0) is 23.8 Å². The van der Waals surface area contributed by atoms with Gasteiger partial charge in [0.1, 0.15) is 0 Å². The first-order valence-electron chi connectivity index (χ1n) is 4.00. The molecule has 1 aromatic rings. The second kappa shape index (κ2) is 4.19. The second-order valence-corrected chi connectivity index (χ2v) is 3.41. The Bertz CT molecular complexity index is 289. The van der Waals surface area contributed by atoms with Crippen molar-refractivity contribution in [2.24, 2.45) is 4.99 Å². The van der Waals surface area contributed by atoms with Gasteiger partial charge in [0.2, 0.25) is 6.08 Å². The molecule has 64 valence electrons. The number of isocyanates is 1. The molecule has 2 nitrogen and oxygen atoms in total. The van der Waals surface area contributed by atoms with E-state index in [1.54, 1.807) is 17.4 Å². The molecule has 0 spiro atoms. The van der Waals surface area contributed by atoms with E-state index >= 15 is 0 Å². The number of carbonyl (C=O) groups excluding carboxylic acids is 1. The first kappa shape index (κ1) is 9.17. The Balaban J connectivity index is 3.15. The van der Waals surface area contributed by atoms with E-state index in [0.717, 1.165) is 24.1 Å². The minimum absolute atomic E-state index is 0.847. The van der Waals surface area contributed by atoms with Crippen molar-refractivity contribution in [1.29, 1.82) is 0 Å². The molecule has 1 heterocycles. The molecule has 1 rings (SSSR count). The van der Waals surface area contributed by atoms with Gasteiger partial charge in [-0.15, -0.1) is 11.3 Å². The van der Waals surface area contributed by atoms with E-state index in [1.165, 1.54) is 4.88 Å². The lowest BCUT2D eigenvalue weighted by atomic mass is 10.2. The van der Waals surface area contributed by atoms with Crippen LogP contribution in [0.25, 0.3) is 0 Å². The predicted octanol–water partition coefficient (Wildman–Crippen LogP) is 2.84. The van der Waals surface area contributed by atoms with Gasteiger partial charge in [0.15, 0.2) is 0 Å². The van der Waals surface area contributed by atoms with Crippen LogP contribution in [-0.2, 0) is 17.6 Å². The van der Waals surface area contributed by atoms with Gasteiger partial charge in [0.25, 0.3) is 0 Å². The molecule has 0 saturated carbocycles. The van der Waals surface area contributed by atoms with Crippen LogP contribution in [0.5, 0.6) is 0 Å². The van der Waals surface area contributed by atoms with Crippen molar-refractivity contribution in [3.8, 4) is 0 Å². The van der Waals surface area contributed by atoms with E-state index in [1.807, 2.05) is 0 Å². The molecule has 0 atom stereocenters. The Morgan fingerprint density at radius 1 is 1.50 bits per heavy atom. The first-order valence-corrected chi connectivity index (χ1v) is 4.88. The number of aryl methyl sites for hydroxylation is 2. The quantitative estimate of drug-likeness (QED) is 0.520. The Labute approximate surface area is 76.0 Å². The molecule has 0 N–H and O–H groups in total. The zero-order valence-corrected chi connectivity index (χ0v) is 8.07. The summed E-state index contributed by atoms with van der Waals surface area (Å²) in [7, 11) is 0. The van der Waals surface area contributed by atoms with Crippen LogP contribution in [0.2, 0.25) is 0 Å². The first-order chi connectivity index (χ1) is 5.83. The Kier molecular flexibility index (Phi) is 3.20. The standard InChI is InChI=1S/C9H11NOS/c1-3-7-5-12-8(4-2)9(7)10-6-11/h5H,3-4H2,1-2H3. The summed E-state index contributed by atoms with van der Waals surface area (Å²) in [4.78, 5) is 15.0. The van der Waals surface area contributed by atoms with Crippen LogP contribution >= 0.6 is 11.3 Å². The topological polar surface area (TPSA) is 29.4 Å². The maximum atomic E-state index is 10.1. The summed E-state index contributed by atoms with van der Waals surface area (Å²) in [6.45, 7) is 4.13. The van der Waals surface area contributed by atoms with Crippen LogP contribution in [0.1, 0.15) is 24.3 Å². The highest BCUT2D eigenvalue weighted by atomic mass is 32.1. The van der Waals surface area contributed by atoms with Crippen LogP contribution in [0.15, 0.2) is 10.4 Å². The number of hydrogen-bond donors (Lipinski definition) is 0. The van der Waals surface area contributed by atoms with Gasteiger partial charge in [0, 0.05) is 4.88 Å². The van der Waals surface area contributed by atoms with Gasteiger partial charge in [0.05, 0.1) is 5.69 Å². The molecular formula is C9H11NOS. The lowest BCUT2D eigenvalue weighted by molar-refractivity contribution is 0.565. The molecule has 3 heteroatoms. The van der Waals surface area contributed by atoms with E-state index in [0.29, 0.717) is 0 Å². The van der Waals surface area contributed by atoms with Crippen molar-refractivity contribution in [3.63, 3.8) is 0 Å². The fourth-order valence-electron chi connectivity index (χ4n) is 1.11. The summed E-state index contributed by atoms with van der Waals surface area (Å²) in [5, 5.41) is 2.06. The third kappa shape index (κ3) is 1.63. The number of nitrogens with zero attached hydrogens (tertiary/aromatic N) is 1. The molecule has 0 bridgehead atoms. The van der Waals surface area contributed by atoms with Crippen LogP contribution in [0.4, 0.5) is 5.69 Å². The zero-order chi connectivity index (χ0) is 8.97. The summed E-state index contributed by atoms with van der Waals surface area (Å²) in [6.07, 6.45) is 3.46. The predicted molar refractivity (Wildman–Crippen MR) is 50.9 cm³/mol. The van der Waals surface area contributed by atoms with E-state index in [9.17, 15) is 4.79 Å². The van der Waals surface area contributed by atoms with E-state index < -0.39 is 0 Å². The van der Waals surface area contributed by atoms with Crippen LogP contribution in [0, 0.1) is 0 Å². The third-order valence-corrected chi connectivity index (χ3v) is 2.94. The van der Waals surface area contributed by atoms with Gasteiger partial charge in [-0.1, -0.05) is 13.8 Å². The fraction of sp³-hybridized carbons (Fsp3) is 0.444. The molecule has 0 aliphatic heterocycles. The van der Waals surface area contributed by atoms with Gasteiger partial charge in [-0.25, -0.2) is 4.79 Å². The summed E-state index contributed by atoms with van der Waals surface area (Å²) >= 11 is 1.67. The molecule has 0 radical (unpaired) electrons. The summed E-state index contributed by atoms with van der Waals surface area (Å²) in [6, 6.07) is 0. The SMILES string of the molecule is CCc1csc(CC)c1N=C=O. The Hall–Kier alpha value is -0.920. The van der Waals surface area contributed by atoms with Gasteiger partial charge >= 0.3 is 0 Å². The zero-order valence-electron chi connectivity index (χ0n) is 7.26. The maximum absolute atomic E-state index is 10.1. The highest BCUT2D eigenvalue weighted by molar-refractivity contribution is 7.10.